The second-order valence-electron chi connectivity index (χ2n) is 8.50. The number of carbonyl (C=O) groups is 1. The average molecular weight is 484 g/mol. The van der Waals surface area contributed by atoms with Crippen LogP contribution in [0.4, 0.5) is 8.78 Å². The molecule has 5 nitrogen and oxygen atoms in total. The monoisotopic (exact) mass is 483 g/mol. The molecule has 180 valence electrons. The molecule has 1 N–H and O–H groups in total. The van der Waals surface area contributed by atoms with Crippen LogP contribution in [0, 0.1) is 11.6 Å². The van der Waals surface area contributed by atoms with Crippen LogP contribution in [-0.2, 0) is 17.6 Å². The normalized spacial score (nSPS) is 11.1. The van der Waals surface area contributed by atoms with Crippen LogP contribution in [-0.4, -0.2) is 27.3 Å². The summed E-state index contributed by atoms with van der Waals surface area (Å²) in [7, 11) is 0. The van der Waals surface area contributed by atoms with Crippen molar-refractivity contribution in [1.82, 2.24) is 15.0 Å². The largest absolute Gasteiger partial charge is 0.483 e. The molecule has 7 heteroatoms. The van der Waals surface area contributed by atoms with Crippen molar-refractivity contribution in [2.75, 3.05) is 6.61 Å². The number of aryl methyl sites for hydroxylation is 1. The van der Waals surface area contributed by atoms with Gasteiger partial charge < -0.3 is 9.72 Å². The van der Waals surface area contributed by atoms with E-state index in [2.05, 4.69) is 15.0 Å². The zero-order chi connectivity index (χ0) is 24.9. The van der Waals surface area contributed by atoms with E-state index in [1.54, 1.807) is 24.8 Å². The predicted octanol–water partition coefficient (Wildman–Crippen LogP) is 6.07. The van der Waals surface area contributed by atoms with E-state index in [4.69, 9.17) is 4.74 Å². The molecule has 0 aliphatic rings. The predicted molar refractivity (Wildman–Crippen MR) is 134 cm³/mol. The van der Waals surface area contributed by atoms with Gasteiger partial charge in [-0.15, -0.1) is 0 Å². The number of pyridine rings is 2. The number of nitrogens with zero attached hydrogens (tertiary/aromatic N) is 2. The van der Waals surface area contributed by atoms with E-state index >= 15 is 4.39 Å². The number of rotatable bonds is 9. The summed E-state index contributed by atoms with van der Waals surface area (Å²) in [6.07, 6.45) is 7.70. The first-order valence-corrected chi connectivity index (χ1v) is 11.6. The van der Waals surface area contributed by atoms with Gasteiger partial charge in [-0.2, -0.15) is 0 Å². The van der Waals surface area contributed by atoms with Gasteiger partial charge in [0, 0.05) is 59.7 Å². The van der Waals surface area contributed by atoms with Crippen molar-refractivity contribution in [2.24, 2.45) is 0 Å². The molecule has 0 atom stereocenters. The first-order valence-electron chi connectivity index (χ1n) is 11.6. The van der Waals surface area contributed by atoms with Gasteiger partial charge in [0.2, 0.25) is 0 Å². The van der Waals surface area contributed by atoms with E-state index in [9.17, 15) is 9.18 Å². The summed E-state index contributed by atoms with van der Waals surface area (Å²) in [5, 5.41) is 0.762. The van der Waals surface area contributed by atoms with E-state index in [0.717, 1.165) is 28.1 Å². The number of ether oxygens (including phenoxy) is 1. The number of fused-ring (bicyclic) bond motifs is 1. The first-order chi connectivity index (χ1) is 17.6. The SMILES string of the molecule is O=C(CCc1ccccc1)COc1ccc(F)c(Cc2c[nH]c3ncc(-c4cccnc4)cc23)c1F. The third-order valence-electron chi connectivity index (χ3n) is 6.05. The Morgan fingerprint density at radius 3 is 2.64 bits per heavy atom. The highest BCUT2D eigenvalue weighted by Gasteiger charge is 2.18. The Kier molecular flexibility index (Phi) is 6.80. The van der Waals surface area contributed by atoms with Gasteiger partial charge in [-0.3, -0.25) is 9.78 Å². The topological polar surface area (TPSA) is 67.9 Å². The molecule has 0 radical (unpaired) electrons. The Morgan fingerprint density at radius 1 is 0.972 bits per heavy atom. The molecule has 3 heterocycles. The van der Waals surface area contributed by atoms with Gasteiger partial charge in [-0.25, -0.2) is 13.8 Å². The van der Waals surface area contributed by atoms with Crippen molar-refractivity contribution in [3.8, 4) is 16.9 Å². The quantitative estimate of drug-likeness (QED) is 0.276. The summed E-state index contributed by atoms with van der Waals surface area (Å²) in [5.41, 5.74) is 3.97. The van der Waals surface area contributed by atoms with Crippen molar-refractivity contribution in [1.29, 1.82) is 0 Å². The number of hydrogen-bond acceptors (Lipinski definition) is 4. The average Bonchev–Trinajstić information content (AvgIpc) is 3.32. The second-order valence-corrected chi connectivity index (χ2v) is 8.50. The summed E-state index contributed by atoms with van der Waals surface area (Å²) >= 11 is 0. The van der Waals surface area contributed by atoms with Gasteiger partial charge in [-0.1, -0.05) is 36.4 Å². The number of halogens is 2. The smallest absolute Gasteiger partial charge is 0.171 e. The molecule has 5 rings (SSSR count). The molecular formula is C29H23F2N3O2. The van der Waals surface area contributed by atoms with Crippen LogP contribution in [0.15, 0.2) is 85.5 Å². The molecule has 3 aromatic heterocycles. The van der Waals surface area contributed by atoms with Crippen molar-refractivity contribution in [2.45, 2.75) is 19.3 Å². The zero-order valence-corrected chi connectivity index (χ0v) is 19.4. The fraction of sp³-hybridized carbons (Fsp3) is 0.138. The molecule has 0 amide bonds. The Hall–Kier alpha value is -4.39. The van der Waals surface area contributed by atoms with Crippen molar-refractivity contribution < 1.29 is 18.3 Å². The molecule has 5 aromatic rings. The van der Waals surface area contributed by atoms with Gasteiger partial charge in [0.25, 0.3) is 0 Å². The molecule has 0 unspecified atom stereocenters. The number of hydrogen-bond donors (Lipinski definition) is 1. The lowest BCUT2D eigenvalue weighted by Crippen LogP contribution is -2.13. The van der Waals surface area contributed by atoms with Crippen LogP contribution < -0.4 is 4.74 Å². The van der Waals surface area contributed by atoms with Crippen LogP contribution in [0.5, 0.6) is 5.75 Å². The van der Waals surface area contributed by atoms with Crippen LogP contribution in [0.3, 0.4) is 0 Å². The van der Waals surface area contributed by atoms with Crippen LogP contribution in [0.25, 0.3) is 22.2 Å². The molecule has 0 aliphatic heterocycles. The summed E-state index contributed by atoms with van der Waals surface area (Å²) < 4.78 is 35.4. The molecule has 0 aliphatic carbocycles. The lowest BCUT2D eigenvalue weighted by molar-refractivity contribution is -0.121. The van der Waals surface area contributed by atoms with E-state index in [-0.39, 0.29) is 36.5 Å². The maximum atomic E-state index is 15.3. The van der Waals surface area contributed by atoms with Gasteiger partial charge in [-0.05, 0) is 41.8 Å². The Morgan fingerprint density at radius 2 is 1.83 bits per heavy atom. The van der Waals surface area contributed by atoms with Crippen molar-refractivity contribution in [3.05, 3.63) is 114 Å². The Bertz CT molecular complexity index is 1500. The molecule has 2 aromatic carbocycles. The van der Waals surface area contributed by atoms with Crippen LogP contribution in [0.2, 0.25) is 0 Å². The fourth-order valence-corrected chi connectivity index (χ4v) is 4.09. The highest BCUT2D eigenvalue weighted by atomic mass is 19.1. The number of carbonyl (C=O) groups excluding carboxylic acids is 1. The van der Waals surface area contributed by atoms with Gasteiger partial charge in [0.05, 0.1) is 0 Å². The minimum absolute atomic E-state index is 0.00497. The summed E-state index contributed by atoms with van der Waals surface area (Å²) in [4.78, 5) is 23.9. The molecule has 0 saturated carbocycles. The first kappa shape index (κ1) is 23.4. The number of benzene rings is 2. The van der Waals surface area contributed by atoms with E-state index in [1.807, 2.05) is 48.5 Å². The minimum Gasteiger partial charge on any atom is -0.483 e. The van der Waals surface area contributed by atoms with Gasteiger partial charge in [0.1, 0.15) is 18.1 Å². The third kappa shape index (κ3) is 5.15. The van der Waals surface area contributed by atoms with Crippen LogP contribution >= 0.6 is 0 Å². The highest BCUT2D eigenvalue weighted by Crippen LogP contribution is 2.29. The summed E-state index contributed by atoms with van der Waals surface area (Å²) in [6, 6.07) is 17.7. The summed E-state index contributed by atoms with van der Waals surface area (Å²) in [5.74, 6) is -1.79. The number of aromatic amines is 1. The fourth-order valence-electron chi connectivity index (χ4n) is 4.09. The minimum atomic E-state index is -0.809. The lowest BCUT2D eigenvalue weighted by Gasteiger charge is -2.11. The molecule has 36 heavy (non-hydrogen) atoms. The van der Waals surface area contributed by atoms with E-state index < -0.39 is 11.6 Å². The molecule has 0 saturated heterocycles. The number of ketones is 1. The van der Waals surface area contributed by atoms with E-state index in [1.165, 1.54) is 6.07 Å². The Labute approximate surface area is 206 Å². The molecule has 0 spiro atoms. The van der Waals surface area contributed by atoms with Crippen molar-refractivity contribution in [3.63, 3.8) is 0 Å². The summed E-state index contributed by atoms with van der Waals surface area (Å²) in [6.45, 7) is -0.277. The maximum absolute atomic E-state index is 15.3. The number of Topliss-reactive ketones (excluding diaryl/α,β-unsaturated/α-hetero) is 1. The van der Waals surface area contributed by atoms with Gasteiger partial charge in [0.15, 0.2) is 17.3 Å². The molecule has 0 fully saturated rings. The Balaban J connectivity index is 1.32. The molecule has 0 bridgehead atoms. The third-order valence-corrected chi connectivity index (χ3v) is 6.05. The highest BCUT2D eigenvalue weighted by molar-refractivity contribution is 5.85. The van der Waals surface area contributed by atoms with Crippen molar-refractivity contribution >= 4 is 16.8 Å². The number of nitrogens with one attached hydrogen (secondary N) is 1. The van der Waals surface area contributed by atoms with Gasteiger partial charge >= 0.3 is 0 Å². The molecular weight excluding hydrogens is 460 g/mol. The number of H-pyrrole nitrogens is 1. The van der Waals surface area contributed by atoms with E-state index in [0.29, 0.717) is 17.6 Å². The maximum Gasteiger partial charge on any atom is 0.171 e. The second kappa shape index (κ2) is 10.5. The standard InChI is InChI=1S/C29H23F2N3O2/c30-26-10-11-27(36-18-23(35)9-8-19-5-2-1-3-6-19)28(31)25(26)14-22-17-34-29-24(22)13-21(16-33-29)20-7-4-12-32-15-20/h1-7,10-13,15-17H,8-9,14,18H2,(H,33,34). The lowest BCUT2D eigenvalue weighted by atomic mass is 10.0. The number of aromatic nitrogens is 3. The van der Waals surface area contributed by atoms with Crippen LogP contribution in [0.1, 0.15) is 23.1 Å². The zero-order valence-electron chi connectivity index (χ0n) is 19.4.